The SMILES string of the molecule is CC(N)CCCCC(=O)NC1=C2C=CNC2NC(=O)N1[C@@H]1C[C@H](O)[C@@H](COP(=O)(O)OP(=O)(O)OP(=O)(O)O)O1. The van der Waals surface area contributed by atoms with Gasteiger partial charge in [-0.05, 0) is 32.0 Å². The van der Waals surface area contributed by atoms with E-state index in [2.05, 4.69) is 29.1 Å². The highest BCUT2D eigenvalue weighted by atomic mass is 31.3. The minimum atomic E-state index is -5.73. The average molecular weight is 635 g/mol. The highest BCUT2D eigenvalue weighted by molar-refractivity contribution is 7.66. The highest BCUT2D eigenvalue weighted by Crippen LogP contribution is 2.66. The number of hydrogen-bond donors (Lipinski definition) is 9. The molecule has 1 fully saturated rings. The van der Waals surface area contributed by atoms with Crippen molar-refractivity contribution < 1.29 is 65.8 Å². The van der Waals surface area contributed by atoms with Crippen LogP contribution in [0.2, 0.25) is 0 Å². The quantitative estimate of drug-likeness (QED) is 0.0859. The van der Waals surface area contributed by atoms with Gasteiger partial charge >= 0.3 is 29.5 Å². The Morgan fingerprint density at radius 2 is 1.93 bits per heavy atom. The average Bonchev–Trinajstić information content (AvgIpc) is 3.39. The first-order chi connectivity index (χ1) is 18.5. The van der Waals surface area contributed by atoms with E-state index in [1.165, 1.54) is 0 Å². The molecule has 3 aliphatic rings. The van der Waals surface area contributed by atoms with E-state index in [-0.39, 0.29) is 30.6 Å². The molecular weight excluding hydrogens is 603 g/mol. The monoisotopic (exact) mass is 635 g/mol. The summed E-state index contributed by atoms with van der Waals surface area (Å²) in [6.07, 6.45) is 0.526. The number of aliphatic hydroxyl groups excluding tert-OH is 1. The molecule has 3 aliphatic heterocycles. The number of phosphoric ester groups is 1. The van der Waals surface area contributed by atoms with Crippen molar-refractivity contribution >= 4 is 35.4 Å². The Labute approximate surface area is 228 Å². The number of rotatable bonds is 14. The topological polar surface area (TPSA) is 289 Å². The van der Waals surface area contributed by atoms with Crippen LogP contribution in [0.4, 0.5) is 4.79 Å². The van der Waals surface area contributed by atoms with E-state index in [4.69, 9.17) is 20.3 Å². The number of hydrogen-bond acceptors (Lipinski definition) is 12. The molecule has 0 bridgehead atoms. The van der Waals surface area contributed by atoms with Crippen LogP contribution in [0.1, 0.15) is 39.0 Å². The van der Waals surface area contributed by atoms with Gasteiger partial charge in [-0.25, -0.2) is 18.5 Å². The fourth-order valence-corrected chi connectivity index (χ4v) is 7.07. The lowest BCUT2D eigenvalue weighted by Crippen LogP contribution is -2.59. The predicted molar refractivity (Wildman–Crippen MR) is 133 cm³/mol. The largest absolute Gasteiger partial charge is 0.490 e. The van der Waals surface area contributed by atoms with Gasteiger partial charge in [-0.3, -0.25) is 14.2 Å². The molecule has 0 aromatic carbocycles. The van der Waals surface area contributed by atoms with Gasteiger partial charge < -0.3 is 51.1 Å². The van der Waals surface area contributed by atoms with E-state index in [9.17, 15) is 38.2 Å². The lowest BCUT2D eigenvalue weighted by Gasteiger charge is -2.37. The number of fused-ring (bicyclic) bond motifs is 1. The zero-order valence-corrected chi connectivity index (χ0v) is 23.7. The molecular formula is C18H32N5O14P3. The number of urea groups is 1. The standard InChI is InChI=1S/C18H32N5O14P3/c1-10(19)4-2-3-5-14(25)21-17-11-6-7-20-16(11)22-18(26)23(17)15-8-12(24)13(35-15)9-34-39(30,31)37-40(32,33)36-38(27,28)29/h6-7,10,12-13,15-16,20,24H,2-5,8-9,19H2,1H3,(H,21,25)(H,22,26)(H,30,31)(H,32,33)(H2,27,28,29)/t10?,12-,13+,15-,16?/m0/s1. The van der Waals surface area contributed by atoms with Crippen molar-refractivity contribution in [1.29, 1.82) is 0 Å². The minimum absolute atomic E-state index is 0.00338. The van der Waals surface area contributed by atoms with Gasteiger partial charge in [-0.2, -0.15) is 8.62 Å². The lowest BCUT2D eigenvalue weighted by atomic mass is 10.1. The molecule has 22 heteroatoms. The van der Waals surface area contributed by atoms with Gasteiger partial charge in [0.2, 0.25) is 5.91 Å². The molecule has 0 radical (unpaired) electrons. The third-order valence-corrected chi connectivity index (χ3v) is 9.52. The summed E-state index contributed by atoms with van der Waals surface area (Å²) in [5.41, 5.74) is 6.22. The normalized spacial score (nSPS) is 28.4. The lowest BCUT2D eigenvalue weighted by molar-refractivity contribution is -0.121. The molecule has 4 unspecified atom stereocenters. The van der Waals surface area contributed by atoms with E-state index in [0.29, 0.717) is 12.0 Å². The molecule has 19 nitrogen and oxygen atoms in total. The van der Waals surface area contributed by atoms with Crippen LogP contribution in [0.5, 0.6) is 0 Å². The number of amides is 3. The van der Waals surface area contributed by atoms with Gasteiger partial charge in [-0.1, -0.05) is 6.42 Å². The maximum atomic E-state index is 13.0. The second-order valence-electron chi connectivity index (χ2n) is 9.15. The van der Waals surface area contributed by atoms with E-state index < -0.39 is 60.7 Å². The third kappa shape index (κ3) is 9.42. The second kappa shape index (κ2) is 13.1. The zero-order valence-electron chi connectivity index (χ0n) is 21.1. The maximum absolute atomic E-state index is 13.0. The van der Waals surface area contributed by atoms with Crippen LogP contribution in [-0.2, 0) is 36.4 Å². The second-order valence-corrected chi connectivity index (χ2v) is 13.6. The summed E-state index contributed by atoms with van der Waals surface area (Å²) < 4.78 is 51.7. The van der Waals surface area contributed by atoms with Crippen molar-refractivity contribution in [1.82, 2.24) is 20.9 Å². The van der Waals surface area contributed by atoms with Crippen molar-refractivity contribution in [3.8, 4) is 0 Å². The molecule has 0 aromatic rings. The molecule has 0 aliphatic carbocycles. The van der Waals surface area contributed by atoms with Crippen molar-refractivity contribution in [2.45, 2.75) is 69.7 Å². The van der Waals surface area contributed by atoms with Gasteiger partial charge in [0.1, 0.15) is 24.3 Å². The summed E-state index contributed by atoms with van der Waals surface area (Å²) in [6, 6.07) is -0.695. The molecule has 0 saturated carbocycles. The van der Waals surface area contributed by atoms with Crippen LogP contribution in [0.25, 0.3) is 0 Å². The van der Waals surface area contributed by atoms with Gasteiger partial charge in [0.05, 0.1) is 12.7 Å². The fraction of sp³-hybridized carbons (Fsp3) is 0.667. The molecule has 228 valence electrons. The third-order valence-electron chi connectivity index (χ3n) is 5.72. The Kier molecular flexibility index (Phi) is 10.7. The van der Waals surface area contributed by atoms with Gasteiger partial charge in [0.15, 0.2) is 0 Å². The molecule has 3 amide bonds. The summed E-state index contributed by atoms with van der Waals surface area (Å²) in [5, 5.41) is 18.7. The molecule has 1 saturated heterocycles. The number of aliphatic hydroxyl groups is 1. The van der Waals surface area contributed by atoms with Gasteiger partial charge in [0.25, 0.3) is 0 Å². The van der Waals surface area contributed by atoms with Crippen molar-refractivity contribution in [2.24, 2.45) is 5.73 Å². The number of nitrogens with one attached hydrogen (secondary N) is 3. The molecule has 40 heavy (non-hydrogen) atoms. The van der Waals surface area contributed by atoms with Crippen molar-refractivity contribution in [3.05, 3.63) is 23.7 Å². The van der Waals surface area contributed by atoms with Gasteiger partial charge in [0, 0.05) is 24.5 Å². The highest BCUT2D eigenvalue weighted by Gasteiger charge is 2.46. The van der Waals surface area contributed by atoms with Crippen LogP contribution in [0, 0.1) is 0 Å². The number of unbranched alkanes of at least 4 members (excludes halogenated alkanes) is 1. The first-order valence-corrected chi connectivity index (χ1v) is 16.4. The van der Waals surface area contributed by atoms with Crippen LogP contribution in [-0.4, -0.2) is 78.8 Å². The Hall–Kier alpha value is -1.69. The molecule has 0 spiro atoms. The first kappa shape index (κ1) is 32.8. The van der Waals surface area contributed by atoms with Crippen molar-refractivity contribution in [3.63, 3.8) is 0 Å². The number of ether oxygens (including phenoxy) is 1. The Balaban J connectivity index is 1.67. The molecule has 10 N–H and O–H groups in total. The maximum Gasteiger partial charge on any atom is 0.490 e. The number of carbonyl (C=O) groups excluding carboxylic acids is 2. The fourth-order valence-electron chi connectivity index (χ4n) is 4.04. The summed E-state index contributed by atoms with van der Waals surface area (Å²) >= 11 is 0. The number of nitrogens with zero attached hydrogens (tertiary/aromatic N) is 1. The van der Waals surface area contributed by atoms with E-state index in [1.54, 1.807) is 12.3 Å². The minimum Gasteiger partial charge on any atom is -0.390 e. The molecule has 0 aromatic heterocycles. The number of nitrogens with two attached hydrogens (primary N) is 1. The Morgan fingerprint density at radius 1 is 1.23 bits per heavy atom. The Morgan fingerprint density at radius 3 is 2.58 bits per heavy atom. The number of phosphoric acid groups is 3. The Bertz CT molecular complexity index is 1170. The van der Waals surface area contributed by atoms with Crippen LogP contribution >= 0.6 is 23.5 Å². The smallest absolute Gasteiger partial charge is 0.390 e. The van der Waals surface area contributed by atoms with Crippen LogP contribution in [0.3, 0.4) is 0 Å². The van der Waals surface area contributed by atoms with E-state index >= 15 is 0 Å². The molecule has 3 rings (SSSR count). The summed E-state index contributed by atoms with van der Waals surface area (Å²) in [4.78, 5) is 62.9. The predicted octanol–water partition coefficient (Wildman–Crippen LogP) is -0.491. The number of carbonyl (C=O) groups is 2. The van der Waals surface area contributed by atoms with Crippen molar-refractivity contribution in [2.75, 3.05) is 6.61 Å². The summed E-state index contributed by atoms with van der Waals surface area (Å²) in [7, 11) is -16.8. The van der Waals surface area contributed by atoms with E-state index in [0.717, 1.165) is 17.7 Å². The van der Waals surface area contributed by atoms with Crippen LogP contribution in [0.15, 0.2) is 23.7 Å². The van der Waals surface area contributed by atoms with Gasteiger partial charge in [-0.15, -0.1) is 0 Å². The molecule has 3 heterocycles. The summed E-state index contributed by atoms with van der Waals surface area (Å²) in [6.45, 7) is 0.940. The summed E-state index contributed by atoms with van der Waals surface area (Å²) in [5.74, 6) is -0.286. The first-order valence-electron chi connectivity index (χ1n) is 11.9. The van der Waals surface area contributed by atoms with E-state index in [1.807, 2.05) is 6.92 Å². The van der Waals surface area contributed by atoms with Crippen LogP contribution < -0.4 is 21.7 Å². The molecule has 7 atom stereocenters. The zero-order chi connectivity index (χ0) is 29.9.